The molecule has 0 amide bonds. The summed E-state index contributed by atoms with van der Waals surface area (Å²) in [5.74, 6) is 0. The third-order valence-corrected chi connectivity index (χ3v) is 15.9. The summed E-state index contributed by atoms with van der Waals surface area (Å²) < 4.78 is 9.65. The molecule has 5 aromatic heterocycles. The normalized spacial score (nSPS) is 12.3. The van der Waals surface area contributed by atoms with Crippen LogP contribution in [-0.4, -0.2) is 28.2 Å². The first-order chi connectivity index (χ1) is 36.7. The summed E-state index contributed by atoms with van der Waals surface area (Å²) in [6.07, 6.45) is 0. The van der Waals surface area contributed by atoms with Gasteiger partial charge in [-0.2, -0.15) is 0 Å². The van der Waals surface area contributed by atoms with Crippen LogP contribution >= 0.6 is 0 Å². The molecule has 12 aromatic carbocycles. The van der Waals surface area contributed by atoms with Crippen LogP contribution in [0.2, 0.25) is 0 Å². The zero-order valence-electron chi connectivity index (χ0n) is 39.8. The summed E-state index contributed by atoms with van der Waals surface area (Å²) in [5, 5.41) is 14.2. The van der Waals surface area contributed by atoms with Gasteiger partial charge in [0, 0.05) is 65.2 Å². The molecule has 74 heavy (non-hydrogen) atoms. The SMILES string of the molecule is c1ccc2c(c1)c1ccccc1c1nc3c(-n4c5ccccc5c5cc(-n6c7ccccc7c7ccccc76)ccc54)ccc(-n4c5ccccc5c5cc(-n6c7ccccc7c7ccccc76)ccc54)c3nc21. The minimum absolute atomic E-state index is 0.831. The van der Waals surface area contributed by atoms with Crippen LogP contribution < -0.4 is 0 Å². The first-order valence-corrected chi connectivity index (χ1v) is 25.3. The first-order valence-electron chi connectivity index (χ1n) is 25.3. The molecule has 5 heterocycles. The number of benzene rings is 12. The zero-order chi connectivity index (χ0) is 48.2. The molecule has 0 radical (unpaired) electrons. The molecule has 0 spiro atoms. The van der Waals surface area contributed by atoms with Gasteiger partial charge < -0.3 is 18.3 Å². The maximum absolute atomic E-state index is 5.88. The van der Waals surface area contributed by atoms with Crippen molar-refractivity contribution in [3.05, 3.63) is 243 Å². The fraction of sp³-hybridized carbons (Fsp3) is 0. The number of rotatable bonds is 4. The Hall–Kier alpha value is -10.0. The van der Waals surface area contributed by atoms with E-state index in [1.165, 1.54) is 65.2 Å². The summed E-state index contributed by atoms with van der Waals surface area (Å²) >= 11 is 0. The summed E-state index contributed by atoms with van der Waals surface area (Å²) in [6.45, 7) is 0. The van der Waals surface area contributed by atoms with Crippen molar-refractivity contribution in [3.8, 4) is 22.7 Å². The molecular formula is C68H40N6. The van der Waals surface area contributed by atoms with Gasteiger partial charge in [-0.1, -0.05) is 158 Å². The quantitative estimate of drug-likeness (QED) is 0.130. The highest BCUT2D eigenvalue weighted by Gasteiger charge is 2.24. The summed E-state index contributed by atoms with van der Waals surface area (Å²) in [7, 11) is 0. The lowest BCUT2D eigenvalue weighted by Crippen LogP contribution is -2.04. The largest absolute Gasteiger partial charge is 0.309 e. The Balaban J connectivity index is 0.968. The van der Waals surface area contributed by atoms with Crippen LogP contribution in [0.15, 0.2) is 243 Å². The Kier molecular flexibility index (Phi) is 7.91. The van der Waals surface area contributed by atoms with Gasteiger partial charge >= 0.3 is 0 Å². The van der Waals surface area contributed by atoms with Crippen molar-refractivity contribution in [2.24, 2.45) is 0 Å². The summed E-state index contributed by atoms with van der Waals surface area (Å²) in [6, 6.07) is 88.3. The lowest BCUT2D eigenvalue weighted by molar-refractivity contribution is 1.14. The second kappa shape index (κ2) is 14.8. The minimum Gasteiger partial charge on any atom is -0.309 e. The van der Waals surface area contributed by atoms with Gasteiger partial charge in [0.2, 0.25) is 0 Å². The molecule has 0 aliphatic carbocycles. The average molecular weight is 941 g/mol. The fourth-order valence-electron chi connectivity index (χ4n) is 12.8. The van der Waals surface area contributed by atoms with E-state index in [9.17, 15) is 0 Å². The van der Waals surface area contributed by atoms with Crippen LogP contribution in [0.1, 0.15) is 0 Å². The second-order valence-corrected chi connectivity index (χ2v) is 19.7. The Labute approximate surface area is 422 Å². The third kappa shape index (κ3) is 5.27. The molecular weight excluding hydrogens is 901 g/mol. The van der Waals surface area contributed by atoms with E-state index in [0.717, 1.165) is 88.4 Å². The number of aromatic nitrogens is 6. The molecule has 342 valence electrons. The number of hydrogen-bond donors (Lipinski definition) is 0. The van der Waals surface area contributed by atoms with Crippen molar-refractivity contribution < 1.29 is 0 Å². The van der Waals surface area contributed by atoms with Gasteiger partial charge in [0.05, 0.1) is 66.5 Å². The topological polar surface area (TPSA) is 45.5 Å². The van der Waals surface area contributed by atoms with Crippen molar-refractivity contribution in [1.82, 2.24) is 28.2 Å². The molecule has 6 nitrogen and oxygen atoms in total. The van der Waals surface area contributed by atoms with Gasteiger partial charge in [-0.3, -0.25) is 0 Å². The van der Waals surface area contributed by atoms with Gasteiger partial charge in [0.15, 0.2) is 0 Å². The van der Waals surface area contributed by atoms with E-state index < -0.39 is 0 Å². The molecule has 6 heteroatoms. The van der Waals surface area contributed by atoms with E-state index in [1.807, 2.05) is 0 Å². The van der Waals surface area contributed by atoms with Crippen molar-refractivity contribution in [1.29, 1.82) is 0 Å². The predicted molar refractivity (Wildman–Crippen MR) is 309 cm³/mol. The maximum Gasteiger partial charge on any atom is 0.116 e. The van der Waals surface area contributed by atoms with E-state index in [1.54, 1.807) is 0 Å². The Morgan fingerprint density at radius 1 is 0.189 bits per heavy atom. The van der Waals surface area contributed by atoms with Gasteiger partial charge in [-0.05, 0) is 95.7 Å². The molecule has 0 unspecified atom stereocenters. The molecule has 0 saturated carbocycles. The molecule has 0 atom stereocenters. The smallest absolute Gasteiger partial charge is 0.116 e. The van der Waals surface area contributed by atoms with E-state index in [4.69, 9.17) is 9.97 Å². The van der Waals surface area contributed by atoms with Crippen LogP contribution in [0.25, 0.3) is 154 Å². The standard InChI is InChI=1S/C68H40N6/c1-3-25-51-43(17-1)44-18-2-4-26-52(44)66-65(51)69-67-63(73-59-31-15-9-23-49(59)53-39-41(33-35-61(53)73)71-55-27-11-5-19-45(55)46-20-6-12-28-56(46)71)37-38-64(68(67)70-66)74-60-32-16-10-24-50(60)54-40-42(34-36-62(54)74)72-57-29-13-7-21-47(57)48-22-8-14-30-58(48)72/h1-40H. The van der Waals surface area contributed by atoms with Crippen LogP contribution in [0.4, 0.5) is 0 Å². The monoisotopic (exact) mass is 940 g/mol. The average Bonchev–Trinajstić information content (AvgIpc) is 4.19. The molecule has 17 rings (SSSR count). The lowest BCUT2D eigenvalue weighted by atomic mass is 9.99. The lowest BCUT2D eigenvalue weighted by Gasteiger charge is -2.17. The predicted octanol–water partition coefficient (Wildman–Crippen LogP) is 17.5. The van der Waals surface area contributed by atoms with Gasteiger partial charge in [-0.25, -0.2) is 9.97 Å². The number of para-hydroxylation sites is 6. The van der Waals surface area contributed by atoms with Crippen molar-refractivity contribution in [3.63, 3.8) is 0 Å². The van der Waals surface area contributed by atoms with E-state index in [-0.39, 0.29) is 0 Å². The van der Waals surface area contributed by atoms with Crippen LogP contribution in [0, 0.1) is 0 Å². The van der Waals surface area contributed by atoms with E-state index in [0.29, 0.717) is 0 Å². The molecule has 0 fully saturated rings. The Bertz CT molecular complexity index is 4840. The highest BCUT2D eigenvalue weighted by atomic mass is 15.0. The second-order valence-electron chi connectivity index (χ2n) is 19.7. The third-order valence-electron chi connectivity index (χ3n) is 15.9. The Morgan fingerprint density at radius 2 is 0.446 bits per heavy atom. The molecule has 0 N–H and O–H groups in total. The Morgan fingerprint density at radius 3 is 0.784 bits per heavy atom. The molecule has 0 aliphatic rings. The number of fused-ring (bicyclic) bond motifs is 19. The van der Waals surface area contributed by atoms with E-state index in [2.05, 4.69) is 261 Å². The van der Waals surface area contributed by atoms with Gasteiger partial charge in [0.25, 0.3) is 0 Å². The molecule has 0 saturated heterocycles. The van der Waals surface area contributed by atoms with Crippen molar-refractivity contribution in [2.45, 2.75) is 0 Å². The molecule has 0 bridgehead atoms. The van der Waals surface area contributed by atoms with Gasteiger partial charge in [-0.15, -0.1) is 0 Å². The van der Waals surface area contributed by atoms with Crippen LogP contribution in [0.5, 0.6) is 0 Å². The number of hydrogen-bond acceptors (Lipinski definition) is 2. The van der Waals surface area contributed by atoms with E-state index >= 15 is 0 Å². The highest BCUT2D eigenvalue weighted by molar-refractivity contribution is 6.25. The van der Waals surface area contributed by atoms with Crippen LogP contribution in [-0.2, 0) is 0 Å². The summed E-state index contributed by atoms with van der Waals surface area (Å²) in [4.78, 5) is 11.8. The highest BCUT2D eigenvalue weighted by Crippen LogP contribution is 2.43. The van der Waals surface area contributed by atoms with Gasteiger partial charge in [0.1, 0.15) is 11.0 Å². The minimum atomic E-state index is 0.831. The molecule has 17 aromatic rings. The fourth-order valence-corrected chi connectivity index (χ4v) is 12.8. The first kappa shape index (κ1) is 39.7. The van der Waals surface area contributed by atoms with Crippen molar-refractivity contribution >= 4 is 131 Å². The zero-order valence-corrected chi connectivity index (χ0v) is 39.8. The maximum atomic E-state index is 5.88. The van der Waals surface area contributed by atoms with Crippen LogP contribution in [0.3, 0.4) is 0 Å². The molecule has 0 aliphatic heterocycles. The summed E-state index contributed by atoms with van der Waals surface area (Å²) in [5.41, 5.74) is 16.8. The van der Waals surface area contributed by atoms with Crippen molar-refractivity contribution in [2.75, 3.05) is 0 Å². The number of nitrogens with zero attached hydrogens (tertiary/aromatic N) is 6.